The van der Waals surface area contributed by atoms with E-state index in [2.05, 4.69) is 10.6 Å². The average molecular weight is 415 g/mol. The normalized spacial score (nSPS) is 17.6. The van der Waals surface area contributed by atoms with Gasteiger partial charge in [-0.2, -0.15) is 0 Å². The highest BCUT2D eigenvalue weighted by Gasteiger charge is 2.36. The molecule has 1 saturated carbocycles. The van der Waals surface area contributed by atoms with Crippen molar-refractivity contribution in [1.29, 1.82) is 0 Å². The maximum absolute atomic E-state index is 13.1. The summed E-state index contributed by atoms with van der Waals surface area (Å²) in [6.07, 6.45) is 2.57. The van der Waals surface area contributed by atoms with Gasteiger partial charge in [0.1, 0.15) is 6.04 Å². The number of nitrogens with zero attached hydrogens (tertiary/aromatic N) is 2. The number of rotatable bonds is 7. The van der Waals surface area contributed by atoms with Gasteiger partial charge in [-0.25, -0.2) is 4.79 Å². The number of nitrogens with one attached hydrogen (secondary N) is 2. The SMILES string of the molecule is Cc1ccc(CNC(=O)N[C@@H](CC(C)C)C(=O)N2CCN(C(=O)C3CC3)CC2)cc1. The Morgan fingerprint density at radius 3 is 2.17 bits per heavy atom. The largest absolute Gasteiger partial charge is 0.339 e. The third-order valence-electron chi connectivity index (χ3n) is 5.71. The van der Waals surface area contributed by atoms with E-state index in [0.29, 0.717) is 39.1 Å². The Kier molecular flexibility index (Phi) is 7.34. The zero-order valence-corrected chi connectivity index (χ0v) is 18.3. The van der Waals surface area contributed by atoms with Crippen LogP contribution >= 0.6 is 0 Å². The third-order valence-corrected chi connectivity index (χ3v) is 5.71. The lowest BCUT2D eigenvalue weighted by molar-refractivity contribution is -0.141. The second-order valence-electron chi connectivity index (χ2n) is 8.92. The quantitative estimate of drug-likeness (QED) is 0.718. The van der Waals surface area contributed by atoms with Gasteiger partial charge in [-0.3, -0.25) is 9.59 Å². The van der Waals surface area contributed by atoms with Crippen molar-refractivity contribution in [3.05, 3.63) is 35.4 Å². The minimum Gasteiger partial charge on any atom is -0.339 e. The van der Waals surface area contributed by atoms with E-state index in [0.717, 1.165) is 18.4 Å². The van der Waals surface area contributed by atoms with Crippen molar-refractivity contribution in [2.24, 2.45) is 11.8 Å². The fraction of sp³-hybridized carbons (Fsp3) is 0.609. The maximum atomic E-state index is 13.1. The molecule has 0 radical (unpaired) electrons. The molecule has 4 amide bonds. The lowest BCUT2D eigenvalue weighted by Crippen LogP contribution is -2.57. The van der Waals surface area contributed by atoms with Gasteiger partial charge in [-0.1, -0.05) is 43.7 Å². The van der Waals surface area contributed by atoms with Crippen LogP contribution in [0.3, 0.4) is 0 Å². The minimum absolute atomic E-state index is 0.0623. The number of piperazine rings is 1. The van der Waals surface area contributed by atoms with Crippen molar-refractivity contribution < 1.29 is 14.4 Å². The first-order chi connectivity index (χ1) is 14.3. The van der Waals surface area contributed by atoms with Crippen LogP contribution in [0, 0.1) is 18.8 Å². The molecule has 30 heavy (non-hydrogen) atoms. The Morgan fingerprint density at radius 1 is 1.00 bits per heavy atom. The molecule has 2 aliphatic rings. The number of urea groups is 1. The van der Waals surface area contributed by atoms with E-state index < -0.39 is 6.04 Å². The number of aryl methyl sites for hydroxylation is 1. The Morgan fingerprint density at radius 2 is 1.60 bits per heavy atom. The highest BCUT2D eigenvalue weighted by Crippen LogP contribution is 2.31. The van der Waals surface area contributed by atoms with Crippen LogP contribution in [0.4, 0.5) is 4.79 Å². The number of hydrogen-bond acceptors (Lipinski definition) is 3. The van der Waals surface area contributed by atoms with Gasteiger partial charge in [-0.15, -0.1) is 0 Å². The van der Waals surface area contributed by atoms with Gasteiger partial charge in [0.2, 0.25) is 11.8 Å². The van der Waals surface area contributed by atoms with Crippen LogP contribution < -0.4 is 10.6 Å². The van der Waals surface area contributed by atoms with Crippen LogP contribution in [0.25, 0.3) is 0 Å². The average Bonchev–Trinajstić information content (AvgIpc) is 3.57. The standard InChI is InChI=1S/C23H34N4O3/c1-16(2)14-20(25-23(30)24-15-18-6-4-17(3)5-7-18)22(29)27-12-10-26(11-13-27)21(28)19-8-9-19/h4-7,16,19-20H,8-15H2,1-3H3,(H2,24,25,30)/t20-/m0/s1. The zero-order chi connectivity index (χ0) is 21.7. The number of carbonyl (C=O) groups excluding carboxylic acids is 3. The van der Waals surface area contributed by atoms with E-state index in [-0.39, 0.29) is 29.7 Å². The van der Waals surface area contributed by atoms with Crippen LogP contribution in [-0.2, 0) is 16.1 Å². The first-order valence-corrected chi connectivity index (χ1v) is 11.0. The van der Waals surface area contributed by atoms with Crippen LogP contribution in [-0.4, -0.2) is 59.9 Å². The monoisotopic (exact) mass is 414 g/mol. The number of amides is 4. The first kappa shape index (κ1) is 22.1. The predicted octanol–water partition coefficient (Wildman–Crippen LogP) is 2.29. The molecule has 7 heteroatoms. The highest BCUT2D eigenvalue weighted by molar-refractivity contribution is 5.87. The fourth-order valence-corrected chi connectivity index (χ4v) is 3.75. The molecule has 1 heterocycles. The smallest absolute Gasteiger partial charge is 0.315 e. The lowest BCUT2D eigenvalue weighted by Gasteiger charge is -2.37. The van der Waals surface area contributed by atoms with Gasteiger partial charge in [0.25, 0.3) is 0 Å². The van der Waals surface area contributed by atoms with Gasteiger partial charge in [0, 0.05) is 38.6 Å². The number of hydrogen-bond donors (Lipinski definition) is 2. The summed E-state index contributed by atoms with van der Waals surface area (Å²) in [4.78, 5) is 41.4. The van der Waals surface area contributed by atoms with E-state index in [1.165, 1.54) is 5.56 Å². The molecule has 3 rings (SSSR count). The molecular weight excluding hydrogens is 380 g/mol. The summed E-state index contributed by atoms with van der Waals surface area (Å²) in [5, 5.41) is 5.72. The summed E-state index contributed by atoms with van der Waals surface area (Å²) in [5.74, 6) is 0.649. The van der Waals surface area contributed by atoms with Gasteiger partial charge >= 0.3 is 6.03 Å². The molecule has 1 aromatic carbocycles. The lowest BCUT2D eigenvalue weighted by atomic mass is 10.0. The Labute approximate surface area is 179 Å². The highest BCUT2D eigenvalue weighted by atomic mass is 16.2. The molecule has 1 aliphatic carbocycles. The molecule has 0 aromatic heterocycles. The molecule has 1 aliphatic heterocycles. The van der Waals surface area contributed by atoms with Crippen molar-refractivity contribution in [2.75, 3.05) is 26.2 Å². The molecule has 0 unspecified atom stereocenters. The summed E-state index contributed by atoms with van der Waals surface area (Å²) in [6.45, 7) is 8.72. The van der Waals surface area contributed by atoms with E-state index in [4.69, 9.17) is 0 Å². The van der Waals surface area contributed by atoms with Crippen LogP contribution in [0.2, 0.25) is 0 Å². The predicted molar refractivity (Wildman–Crippen MR) is 116 cm³/mol. The van der Waals surface area contributed by atoms with E-state index in [1.54, 1.807) is 4.90 Å². The molecule has 2 N–H and O–H groups in total. The summed E-state index contributed by atoms with van der Waals surface area (Å²) in [5.41, 5.74) is 2.18. The second-order valence-corrected chi connectivity index (χ2v) is 8.92. The summed E-state index contributed by atoms with van der Waals surface area (Å²) < 4.78 is 0. The van der Waals surface area contributed by atoms with Gasteiger partial charge in [0.15, 0.2) is 0 Å². The van der Waals surface area contributed by atoms with Gasteiger partial charge in [-0.05, 0) is 37.7 Å². The van der Waals surface area contributed by atoms with Crippen LogP contribution in [0.1, 0.15) is 44.2 Å². The summed E-state index contributed by atoms with van der Waals surface area (Å²) in [7, 11) is 0. The van der Waals surface area contributed by atoms with E-state index >= 15 is 0 Å². The molecule has 2 fully saturated rings. The van der Waals surface area contributed by atoms with Crippen molar-refractivity contribution in [1.82, 2.24) is 20.4 Å². The Balaban J connectivity index is 1.51. The fourth-order valence-electron chi connectivity index (χ4n) is 3.75. The first-order valence-electron chi connectivity index (χ1n) is 11.0. The molecule has 1 saturated heterocycles. The maximum Gasteiger partial charge on any atom is 0.315 e. The van der Waals surface area contributed by atoms with Gasteiger partial charge in [0.05, 0.1) is 0 Å². The van der Waals surface area contributed by atoms with Crippen molar-refractivity contribution in [3.8, 4) is 0 Å². The molecule has 7 nitrogen and oxygen atoms in total. The minimum atomic E-state index is -0.561. The Hall–Kier alpha value is -2.57. The van der Waals surface area contributed by atoms with Gasteiger partial charge < -0.3 is 20.4 Å². The second kappa shape index (κ2) is 9.96. The molecule has 0 bridgehead atoms. The molecule has 1 atom stereocenters. The molecule has 164 valence electrons. The Bertz CT molecular complexity index is 750. The molecule has 1 aromatic rings. The van der Waals surface area contributed by atoms with E-state index in [9.17, 15) is 14.4 Å². The molecular formula is C23H34N4O3. The summed E-state index contributed by atoms with van der Waals surface area (Å²) >= 11 is 0. The molecule has 0 spiro atoms. The van der Waals surface area contributed by atoms with Crippen molar-refractivity contribution >= 4 is 17.8 Å². The van der Waals surface area contributed by atoms with Crippen molar-refractivity contribution in [3.63, 3.8) is 0 Å². The van der Waals surface area contributed by atoms with Crippen LogP contribution in [0.5, 0.6) is 0 Å². The number of benzene rings is 1. The third kappa shape index (κ3) is 6.21. The van der Waals surface area contributed by atoms with Crippen LogP contribution in [0.15, 0.2) is 24.3 Å². The van der Waals surface area contributed by atoms with Crippen molar-refractivity contribution in [2.45, 2.75) is 52.6 Å². The topological polar surface area (TPSA) is 81.8 Å². The van der Waals surface area contributed by atoms with E-state index in [1.807, 2.05) is 49.9 Å². The summed E-state index contributed by atoms with van der Waals surface area (Å²) in [6, 6.07) is 7.08. The zero-order valence-electron chi connectivity index (χ0n) is 18.3. The number of carbonyl (C=O) groups is 3.